The Hall–Kier alpha value is -2.35. The number of carbonyl (C=O) groups excluding carboxylic acids is 1. The first-order valence-electron chi connectivity index (χ1n) is 7.67. The number of unbranched alkanes of at least 4 members (excludes halogenated alkanes) is 1. The first-order chi connectivity index (χ1) is 11.5. The summed E-state index contributed by atoms with van der Waals surface area (Å²) in [6.07, 6.45) is 1.99. The molecule has 0 aromatic carbocycles. The molecule has 0 bridgehead atoms. The van der Waals surface area contributed by atoms with Gasteiger partial charge < -0.3 is 15.1 Å². The number of nitrogen functional groups attached to an aromatic ring is 1. The lowest BCUT2D eigenvalue weighted by molar-refractivity contribution is 0.0793. The van der Waals surface area contributed by atoms with E-state index in [4.69, 9.17) is 10.2 Å². The van der Waals surface area contributed by atoms with Gasteiger partial charge in [0.05, 0.1) is 0 Å². The number of rotatable bonds is 5. The zero-order chi connectivity index (χ0) is 17.3. The predicted molar refractivity (Wildman–Crippen MR) is 94.7 cm³/mol. The maximum atomic E-state index is 12.5. The summed E-state index contributed by atoms with van der Waals surface area (Å²) in [6, 6.07) is 6.84. The van der Waals surface area contributed by atoms with Gasteiger partial charge in [-0.05, 0) is 46.6 Å². The molecule has 0 spiro atoms. The summed E-state index contributed by atoms with van der Waals surface area (Å²) in [7, 11) is 1.79. The second-order valence-electron chi connectivity index (χ2n) is 5.56. The van der Waals surface area contributed by atoms with Gasteiger partial charge in [0.2, 0.25) is 5.82 Å². The van der Waals surface area contributed by atoms with Gasteiger partial charge in [-0.1, -0.05) is 13.3 Å². The molecule has 3 aromatic heterocycles. The van der Waals surface area contributed by atoms with Crippen LogP contribution in [0.1, 0.15) is 30.1 Å². The molecule has 0 aliphatic rings. The number of anilines is 1. The monoisotopic (exact) mass is 391 g/mol. The molecule has 0 aliphatic heterocycles. The SMILES string of the molecule is CCCCN(C)C(=O)c1cc(N)n2nc(-c3ccc(Br)o3)nc2c1. The molecule has 3 rings (SSSR count). The fraction of sp³-hybridized carbons (Fsp3) is 0.312. The number of aromatic nitrogens is 3. The molecule has 0 unspecified atom stereocenters. The van der Waals surface area contributed by atoms with E-state index in [-0.39, 0.29) is 5.91 Å². The van der Waals surface area contributed by atoms with E-state index in [1.54, 1.807) is 36.2 Å². The first-order valence-corrected chi connectivity index (χ1v) is 8.46. The van der Waals surface area contributed by atoms with Crippen molar-refractivity contribution in [1.82, 2.24) is 19.5 Å². The van der Waals surface area contributed by atoms with Crippen LogP contribution in [0.5, 0.6) is 0 Å². The summed E-state index contributed by atoms with van der Waals surface area (Å²) in [6.45, 7) is 2.80. The highest BCUT2D eigenvalue weighted by Gasteiger charge is 2.17. The summed E-state index contributed by atoms with van der Waals surface area (Å²) in [5.74, 6) is 1.21. The minimum atomic E-state index is -0.0806. The van der Waals surface area contributed by atoms with Crippen molar-refractivity contribution in [2.45, 2.75) is 19.8 Å². The predicted octanol–water partition coefficient (Wildman–Crippen LogP) is 3.21. The molecule has 7 nitrogen and oxygen atoms in total. The average Bonchev–Trinajstić information content (AvgIpc) is 3.18. The summed E-state index contributed by atoms with van der Waals surface area (Å²) in [5, 5.41) is 4.33. The Morgan fingerprint density at radius 3 is 2.88 bits per heavy atom. The van der Waals surface area contributed by atoms with Crippen LogP contribution < -0.4 is 5.73 Å². The van der Waals surface area contributed by atoms with Gasteiger partial charge in [-0.15, -0.1) is 5.10 Å². The summed E-state index contributed by atoms with van der Waals surface area (Å²) < 4.78 is 7.55. The van der Waals surface area contributed by atoms with Gasteiger partial charge in [-0.3, -0.25) is 4.79 Å². The van der Waals surface area contributed by atoms with E-state index in [0.717, 1.165) is 12.8 Å². The van der Waals surface area contributed by atoms with Crippen LogP contribution in [0.3, 0.4) is 0 Å². The third kappa shape index (κ3) is 3.14. The van der Waals surface area contributed by atoms with Gasteiger partial charge in [-0.25, -0.2) is 4.98 Å². The Morgan fingerprint density at radius 1 is 1.42 bits per heavy atom. The normalized spacial score (nSPS) is 11.1. The van der Waals surface area contributed by atoms with E-state index in [2.05, 4.69) is 32.9 Å². The van der Waals surface area contributed by atoms with E-state index >= 15 is 0 Å². The number of amides is 1. The Kier molecular flexibility index (Phi) is 4.57. The molecule has 0 atom stereocenters. The van der Waals surface area contributed by atoms with Crippen LogP contribution in [0.15, 0.2) is 33.4 Å². The van der Waals surface area contributed by atoms with Crippen LogP contribution in [0.25, 0.3) is 17.2 Å². The van der Waals surface area contributed by atoms with Crippen molar-refractivity contribution in [3.63, 3.8) is 0 Å². The molecule has 0 aliphatic carbocycles. The van der Waals surface area contributed by atoms with Crippen LogP contribution in [0.2, 0.25) is 0 Å². The van der Waals surface area contributed by atoms with Gasteiger partial charge >= 0.3 is 0 Å². The van der Waals surface area contributed by atoms with Gasteiger partial charge in [0.1, 0.15) is 5.82 Å². The smallest absolute Gasteiger partial charge is 0.253 e. The minimum Gasteiger partial charge on any atom is -0.446 e. The summed E-state index contributed by atoms with van der Waals surface area (Å²) in [5.41, 5.74) is 7.04. The quantitative estimate of drug-likeness (QED) is 0.720. The molecule has 3 heterocycles. The number of halogens is 1. The highest BCUT2D eigenvalue weighted by atomic mass is 79.9. The Morgan fingerprint density at radius 2 is 2.21 bits per heavy atom. The average molecular weight is 392 g/mol. The third-order valence-corrected chi connectivity index (χ3v) is 4.13. The number of fused-ring (bicyclic) bond motifs is 1. The van der Waals surface area contributed by atoms with Gasteiger partial charge in [0.15, 0.2) is 16.1 Å². The fourth-order valence-electron chi connectivity index (χ4n) is 2.39. The molecule has 3 aromatic rings. The zero-order valence-electron chi connectivity index (χ0n) is 13.5. The van der Waals surface area contributed by atoms with E-state index in [0.29, 0.717) is 39.8 Å². The topological polar surface area (TPSA) is 89.7 Å². The molecule has 126 valence electrons. The molecule has 1 amide bonds. The van der Waals surface area contributed by atoms with Crippen molar-refractivity contribution in [3.8, 4) is 11.6 Å². The Labute approximate surface area is 147 Å². The lowest BCUT2D eigenvalue weighted by Gasteiger charge is -2.17. The second-order valence-corrected chi connectivity index (χ2v) is 6.34. The molecule has 0 fully saturated rings. The van der Waals surface area contributed by atoms with E-state index < -0.39 is 0 Å². The van der Waals surface area contributed by atoms with Gasteiger partial charge in [-0.2, -0.15) is 4.52 Å². The zero-order valence-corrected chi connectivity index (χ0v) is 15.1. The molecular weight excluding hydrogens is 374 g/mol. The Bertz CT molecular complexity index is 886. The van der Waals surface area contributed by atoms with Crippen LogP contribution >= 0.6 is 15.9 Å². The molecular formula is C16H18BrN5O2. The van der Waals surface area contributed by atoms with Crippen molar-refractivity contribution in [2.75, 3.05) is 19.3 Å². The van der Waals surface area contributed by atoms with Crippen LogP contribution in [0.4, 0.5) is 5.82 Å². The summed E-state index contributed by atoms with van der Waals surface area (Å²) in [4.78, 5) is 18.6. The van der Waals surface area contributed by atoms with E-state index in [1.807, 2.05) is 0 Å². The fourth-order valence-corrected chi connectivity index (χ4v) is 2.69. The Balaban J connectivity index is 1.96. The number of nitrogens with zero attached hydrogens (tertiary/aromatic N) is 4. The van der Waals surface area contributed by atoms with Crippen LogP contribution in [0, 0.1) is 0 Å². The lowest BCUT2D eigenvalue weighted by atomic mass is 10.2. The highest BCUT2D eigenvalue weighted by Crippen LogP contribution is 2.24. The van der Waals surface area contributed by atoms with Crippen molar-refractivity contribution >= 4 is 33.3 Å². The van der Waals surface area contributed by atoms with Crippen LogP contribution in [-0.4, -0.2) is 39.0 Å². The van der Waals surface area contributed by atoms with E-state index in [1.165, 1.54) is 4.52 Å². The molecule has 2 N–H and O–H groups in total. The first kappa shape index (κ1) is 16.5. The largest absolute Gasteiger partial charge is 0.446 e. The number of pyridine rings is 1. The maximum absolute atomic E-state index is 12.5. The van der Waals surface area contributed by atoms with Crippen molar-refractivity contribution in [3.05, 3.63) is 34.5 Å². The standard InChI is InChI=1S/C16H18BrN5O2/c1-3-4-7-21(2)16(23)10-8-13(18)22-14(9-10)19-15(20-22)11-5-6-12(17)24-11/h5-6,8-9H,3-4,7,18H2,1-2H3. The van der Waals surface area contributed by atoms with Crippen molar-refractivity contribution in [2.24, 2.45) is 0 Å². The summed E-state index contributed by atoms with van der Waals surface area (Å²) >= 11 is 3.25. The van der Waals surface area contributed by atoms with Crippen molar-refractivity contribution < 1.29 is 9.21 Å². The molecule has 0 saturated heterocycles. The number of nitrogens with two attached hydrogens (primary N) is 1. The number of hydrogen-bond donors (Lipinski definition) is 1. The second kappa shape index (κ2) is 6.64. The highest BCUT2D eigenvalue weighted by molar-refractivity contribution is 9.10. The van der Waals surface area contributed by atoms with Gasteiger partial charge in [0, 0.05) is 19.2 Å². The molecule has 0 saturated carbocycles. The molecule has 8 heteroatoms. The van der Waals surface area contributed by atoms with Crippen molar-refractivity contribution in [1.29, 1.82) is 0 Å². The third-order valence-electron chi connectivity index (χ3n) is 3.70. The number of carbonyl (C=O) groups is 1. The molecule has 24 heavy (non-hydrogen) atoms. The number of furan rings is 1. The molecule has 0 radical (unpaired) electrons. The van der Waals surface area contributed by atoms with Crippen LogP contribution in [-0.2, 0) is 0 Å². The number of hydrogen-bond acceptors (Lipinski definition) is 5. The lowest BCUT2D eigenvalue weighted by Crippen LogP contribution is -2.27. The van der Waals surface area contributed by atoms with Gasteiger partial charge in [0.25, 0.3) is 5.91 Å². The minimum absolute atomic E-state index is 0.0806. The van der Waals surface area contributed by atoms with E-state index in [9.17, 15) is 4.79 Å². The maximum Gasteiger partial charge on any atom is 0.253 e.